The number of nitro benzene ring substituents is 1. The number of rotatable bonds is 4. The van der Waals surface area contributed by atoms with Crippen molar-refractivity contribution in [2.75, 3.05) is 5.01 Å². The van der Waals surface area contributed by atoms with E-state index >= 15 is 0 Å². The summed E-state index contributed by atoms with van der Waals surface area (Å²) in [5.74, 6) is -0.478. The fraction of sp³-hybridized carbons (Fsp3) is 0. The highest BCUT2D eigenvalue weighted by Gasteiger charge is 2.34. The Morgan fingerprint density at radius 3 is 2.55 bits per heavy atom. The maximum atomic E-state index is 12.6. The van der Waals surface area contributed by atoms with Crippen molar-refractivity contribution in [3.63, 3.8) is 0 Å². The monoisotopic (exact) mass is 409 g/mol. The number of amides is 2. The van der Waals surface area contributed by atoms with E-state index in [1.165, 1.54) is 18.2 Å². The first-order valence-corrected chi connectivity index (χ1v) is 8.78. The number of carbonyl (C=O) groups excluding carboxylic acids is 2. The lowest BCUT2D eigenvalue weighted by Crippen LogP contribution is -2.35. The summed E-state index contributed by atoms with van der Waals surface area (Å²) in [5, 5.41) is 12.2. The third kappa shape index (κ3) is 3.48. The van der Waals surface area contributed by atoms with E-state index in [1.807, 2.05) is 0 Å². The van der Waals surface area contributed by atoms with Gasteiger partial charge in [-0.25, -0.2) is 5.01 Å². The van der Waals surface area contributed by atoms with Gasteiger partial charge in [0.05, 0.1) is 10.6 Å². The van der Waals surface area contributed by atoms with E-state index in [1.54, 1.807) is 48.5 Å². The first-order valence-electron chi connectivity index (χ1n) is 8.40. The summed E-state index contributed by atoms with van der Waals surface area (Å²) < 4.78 is 5.65. The lowest BCUT2D eigenvalue weighted by Gasteiger charge is -2.13. The van der Waals surface area contributed by atoms with Crippen LogP contribution in [0.4, 0.5) is 11.4 Å². The van der Waals surface area contributed by atoms with Crippen molar-refractivity contribution in [1.29, 1.82) is 0 Å². The van der Waals surface area contributed by atoms with Gasteiger partial charge in [0.15, 0.2) is 0 Å². The SMILES string of the molecule is O=C1NN(c2ccccc2)C(=O)/C1=C/c1ccc(-c2ccc(Cl)c([N+](=O)[O-])c2)o1. The van der Waals surface area contributed by atoms with E-state index in [0.717, 1.165) is 5.01 Å². The largest absolute Gasteiger partial charge is 0.457 e. The molecule has 1 saturated heterocycles. The van der Waals surface area contributed by atoms with E-state index in [-0.39, 0.29) is 22.0 Å². The average molecular weight is 410 g/mol. The Bertz CT molecular complexity index is 1170. The average Bonchev–Trinajstić information content (AvgIpc) is 3.29. The molecule has 0 atom stereocenters. The highest BCUT2D eigenvalue weighted by atomic mass is 35.5. The van der Waals surface area contributed by atoms with Gasteiger partial charge < -0.3 is 4.42 Å². The van der Waals surface area contributed by atoms with Crippen LogP contribution < -0.4 is 10.4 Å². The number of hydrogen-bond donors (Lipinski definition) is 1. The second kappa shape index (κ2) is 7.25. The number of hydrazine groups is 1. The predicted molar refractivity (Wildman–Crippen MR) is 106 cm³/mol. The Balaban J connectivity index is 1.63. The van der Waals surface area contributed by atoms with Crippen molar-refractivity contribution in [3.05, 3.63) is 87.1 Å². The quantitative estimate of drug-likeness (QED) is 0.304. The molecular weight excluding hydrogens is 398 g/mol. The number of carbonyl (C=O) groups is 2. The number of nitro groups is 1. The maximum absolute atomic E-state index is 12.6. The van der Waals surface area contributed by atoms with Crippen LogP contribution in [0.1, 0.15) is 5.76 Å². The van der Waals surface area contributed by atoms with Crippen LogP contribution in [0.5, 0.6) is 0 Å². The van der Waals surface area contributed by atoms with Crippen LogP contribution in [0.2, 0.25) is 5.02 Å². The predicted octanol–water partition coefficient (Wildman–Crippen LogP) is 3.97. The van der Waals surface area contributed by atoms with Gasteiger partial charge in [-0.2, -0.15) is 0 Å². The summed E-state index contributed by atoms with van der Waals surface area (Å²) >= 11 is 5.83. The molecule has 2 aromatic carbocycles. The van der Waals surface area contributed by atoms with Crippen molar-refractivity contribution < 1.29 is 18.9 Å². The zero-order valence-corrected chi connectivity index (χ0v) is 15.4. The highest BCUT2D eigenvalue weighted by Crippen LogP contribution is 2.32. The van der Waals surface area contributed by atoms with Crippen molar-refractivity contribution in [2.45, 2.75) is 0 Å². The molecule has 0 spiro atoms. The molecule has 0 unspecified atom stereocenters. The first-order chi connectivity index (χ1) is 13.9. The second-order valence-corrected chi connectivity index (χ2v) is 6.51. The molecule has 1 aliphatic heterocycles. The first kappa shape index (κ1) is 18.5. The Hall–Kier alpha value is -3.91. The lowest BCUT2D eigenvalue weighted by molar-refractivity contribution is -0.384. The van der Waals surface area contributed by atoms with Crippen LogP contribution in [-0.2, 0) is 9.59 Å². The molecule has 3 aromatic rings. The van der Waals surface area contributed by atoms with Gasteiger partial charge in [-0.3, -0.25) is 25.1 Å². The third-order valence-corrected chi connectivity index (χ3v) is 4.57. The molecule has 1 aromatic heterocycles. The second-order valence-electron chi connectivity index (χ2n) is 6.10. The zero-order valence-electron chi connectivity index (χ0n) is 14.7. The number of benzene rings is 2. The molecule has 1 fully saturated rings. The Morgan fingerprint density at radius 1 is 1.07 bits per heavy atom. The third-order valence-electron chi connectivity index (χ3n) is 4.25. The molecule has 29 heavy (non-hydrogen) atoms. The number of para-hydroxylation sites is 1. The number of nitrogens with one attached hydrogen (secondary N) is 1. The van der Waals surface area contributed by atoms with E-state index in [9.17, 15) is 19.7 Å². The number of hydrogen-bond acceptors (Lipinski definition) is 5. The smallest absolute Gasteiger partial charge is 0.288 e. The topological polar surface area (TPSA) is 106 Å². The number of nitrogens with zero attached hydrogens (tertiary/aromatic N) is 2. The van der Waals surface area contributed by atoms with Gasteiger partial charge in [0.1, 0.15) is 22.1 Å². The molecule has 0 radical (unpaired) electrons. The normalized spacial score (nSPS) is 15.1. The lowest BCUT2D eigenvalue weighted by atomic mass is 10.1. The summed E-state index contributed by atoms with van der Waals surface area (Å²) in [5.41, 5.74) is 3.14. The van der Waals surface area contributed by atoms with Crippen LogP contribution in [0.15, 0.2) is 70.7 Å². The minimum Gasteiger partial charge on any atom is -0.457 e. The Morgan fingerprint density at radius 2 is 1.83 bits per heavy atom. The highest BCUT2D eigenvalue weighted by molar-refractivity contribution is 6.33. The molecule has 2 amide bonds. The fourth-order valence-corrected chi connectivity index (χ4v) is 3.04. The van der Waals surface area contributed by atoms with Crippen LogP contribution in [0, 0.1) is 10.1 Å². The van der Waals surface area contributed by atoms with Gasteiger partial charge in [-0.15, -0.1) is 0 Å². The molecule has 144 valence electrons. The van der Waals surface area contributed by atoms with E-state index in [4.69, 9.17) is 16.0 Å². The molecule has 9 heteroatoms. The zero-order chi connectivity index (χ0) is 20.5. The van der Waals surface area contributed by atoms with Gasteiger partial charge >= 0.3 is 0 Å². The molecule has 4 rings (SSSR count). The van der Waals surface area contributed by atoms with Gasteiger partial charge in [0.25, 0.3) is 17.5 Å². The minimum absolute atomic E-state index is 0.0156. The van der Waals surface area contributed by atoms with E-state index in [0.29, 0.717) is 17.0 Å². The van der Waals surface area contributed by atoms with Gasteiger partial charge in [0, 0.05) is 11.6 Å². The van der Waals surface area contributed by atoms with Gasteiger partial charge in [0.2, 0.25) is 0 Å². The molecular formula is C20H12ClN3O5. The molecule has 1 N–H and O–H groups in total. The summed E-state index contributed by atoms with van der Waals surface area (Å²) in [6.45, 7) is 0. The van der Waals surface area contributed by atoms with Crippen molar-refractivity contribution in [1.82, 2.24) is 5.43 Å². The number of furan rings is 1. The van der Waals surface area contributed by atoms with Crippen LogP contribution in [0.3, 0.4) is 0 Å². The standard InChI is InChI=1S/C20H12ClN3O5/c21-16-8-6-12(10-17(16)24(27)28)18-9-7-14(29-18)11-15-19(25)22-23(20(15)26)13-4-2-1-3-5-13/h1-11H,(H,22,25)/b15-11+. The number of anilines is 1. The van der Waals surface area contributed by atoms with Crippen LogP contribution >= 0.6 is 11.6 Å². The summed E-state index contributed by atoms with van der Waals surface area (Å²) in [6, 6.07) is 16.1. The fourth-order valence-electron chi connectivity index (χ4n) is 2.85. The molecule has 0 bridgehead atoms. The van der Waals surface area contributed by atoms with E-state index < -0.39 is 16.7 Å². The molecule has 0 saturated carbocycles. The Kier molecular flexibility index (Phi) is 4.61. The van der Waals surface area contributed by atoms with Crippen molar-refractivity contribution in [3.8, 4) is 11.3 Å². The minimum atomic E-state index is -0.586. The Labute approximate surface area is 169 Å². The van der Waals surface area contributed by atoms with Crippen molar-refractivity contribution in [2.24, 2.45) is 0 Å². The van der Waals surface area contributed by atoms with Crippen molar-refractivity contribution >= 4 is 40.9 Å². The summed E-state index contributed by atoms with van der Waals surface area (Å²) in [6.07, 6.45) is 1.33. The summed E-state index contributed by atoms with van der Waals surface area (Å²) in [7, 11) is 0. The summed E-state index contributed by atoms with van der Waals surface area (Å²) in [4.78, 5) is 35.3. The van der Waals surface area contributed by atoms with Gasteiger partial charge in [-0.1, -0.05) is 29.8 Å². The van der Waals surface area contributed by atoms with Crippen LogP contribution in [0.25, 0.3) is 17.4 Å². The maximum Gasteiger partial charge on any atom is 0.288 e. The molecule has 2 heterocycles. The molecule has 0 aliphatic carbocycles. The van der Waals surface area contributed by atoms with Gasteiger partial charge in [-0.05, 0) is 42.5 Å². The molecule has 1 aliphatic rings. The van der Waals surface area contributed by atoms with E-state index in [2.05, 4.69) is 5.43 Å². The number of halogens is 1. The molecule has 8 nitrogen and oxygen atoms in total. The van der Waals surface area contributed by atoms with Crippen LogP contribution in [-0.4, -0.2) is 16.7 Å².